The molecule has 30 heavy (non-hydrogen) atoms. The summed E-state index contributed by atoms with van der Waals surface area (Å²) in [5.74, 6) is -0.495. The summed E-state index contributed by atoms with van der Waals surface area (Å²) in [7, 11) is 0. The van der Waals surface area contributed by atoms with Gasteiger partial charge in [-0.1, -0.05) is 113 Å². The highest BCUT2D eigenvalue weighted by molar-refractivity contribution is 14.1. The van der Waals surface area contributed by atoms with Gasteiger partial charge in [0, 0.05) is 6.54 Å². The van der Waals surface area contributed by atoms with Gasteiger partial charge in [0.1, 0.15) is 5.41 Å². The lowest BCUT2D eigenvalue weighted by atomic mass is 9.83. The Bertz CT molecular complexity index is 431. The smallest absolute Gasteiger partial charge is 0.321 e. The lowest BCUT2D eigenvalue weighted by Crippen LogP contribution is -2.45. The van der Waals surface area contributed by atoms with E-state index in [1.54, 1.807) is 6.92 Å². The van der Waals surface area contributed by atoms with E-state index in [-0.39, 0.29) is 11.9 Å². The average Bonchev–Trinajstić information content (AvgIpc) is 2.74. The summed E-state index contributed by atoms with van der Waals surface area (Å²) in [6.07, 6.45) is 17.6. The summed E-state index contributed by atoms with van der Waals surface area (Å²) >= 11 is 2.39. The molecule has 0 aromatic heterocycles. The van der Waals surface area contributed by atoms with Crippen molar-refractivity contribution >= 4 is 34.5 Å². The van der Waals surface area contributed by atoms with Crippen molar-refractivity contribution in [3.8, 4) is 0 Å². The highest BCUT2D eigenvalue weighted by Crippen LogP contribution is 2.27. The summed E-state index contributed by atoms with van der Waals surface area (Å²) in [4.78, 5) is 25.7. The number of hydrogen-bond donors (Lipinski definition) is 1. The van der Waals surface area contributed by atoms with Gasteiger partial charge in [-0.05, 0) is 37.0 Å². The lowest BCUT2D eigenvalue weighted by molar-refractivity contribution is -0.161. The van der Waals surface area contributed by atoms with Gasteiger partial charge in [0.2, 0.25) is 5.91 Å². The maximum Gasteiger partial charge on any atom is 0.321 e. The Balaban J connectivity index is 4.46. The number of amides is 1. The normalized spacial score (nSPS) is 13.1. The van der Waals surface area contributed by atoms with E-state index < -0.39 is 5.41 Å². The van der Waals surface area contributed by atoms with Crippen molar-refractivity contribution in [2.24, 2.45) is 5.41 Å². The number of esters is 1. The molecule has 0 saturated carbocycles. The minimum atomic E-state index is -1.06. The van der Waals surface area contributed by atoms with E-state index in [0.717, 1.165) is 49.4 Å². The van der Waals surface area contributed by atoms with Gasteiger partial charge < -0.3 is 10.1 Å². The second kappa shape index (κ2) is 20.6. The molecule has 1 N–H and O–H groups in total. The zero-order valence-electron chi connectivity index (χ0n) is 20.0. The highest BCUT2D eigenvalue weighted by atomic mass is 127. The number of alkyl halides is 1. The molecule has 0 aliphatic carbocycles. The van der Waals surface area contributed by atoms with Crippen LogP contribution in [-0.4, -0.2) is 29.5 Å². The predicted octanol–water partition coefficient (Wildman–Crippen LogP) is 7.37. The molecule has 1 unspecified atom stereocenters. The van der Waals surface area contributed by atoms with Crippen LogP contribution < -0.4 is 5.32 Å². The number of nitrogens with one attached hydrogen (secondary N) is 1. The molecule has 1 atom stereocenters. The van der Waals surface area contributed by atoms with Crippen LogP contribution in [0.5, 0.6) is 0 Å². The van der Waals surface area contributed by atoms with Crippen molar-refractivity contribution in [1.29, 1.82) is 0 Å². The zero-order chi connectivity index (χ0) is 22.5. The largest absolute Gasteiger partial charge is 0.465 e. The second-order valence-corrected chi connectivity index (χ2v) is 9.84. The van der Waals surface area contributed by atoms with E-state index in [1.165, 1.54) is 51.4 Å². The molecule has 0 aliphatic rings. The Labute approximate surface area is 200 Å². The average molecular weight is 538 g/mol. The third-order valence-corrected chi connectivity index (χ3v) is 6.57. The maximum atomic E-state index is 12.9. The fraction of sp³-hybridized carbons (Fsp3) is 0.920. The Morgan fingerprint density at radius 1 is 0.767 bits per heavy atom. The van der Waals surface area contributed by atoms with Crippen molar-refractivity contribution in [2.75, 3.05) is 17.6 Å². The topological polar surface area (TPSA) is 55.4 Å². The van der Waals surface area contributed by atoms with Crippen molar-refractivity contribution in [3.05, 3.63) is 0 Å². The standard InChI is InChI=1S/C25H48INO3/c1-4-6-8-10-11-14-18-22-30-24(29)25(3,19-15-12-13-16-20-26)23(28)27-21-17-9-7-5-2/h4-22H2,1-3H3,(H,27,28). The number of rotatable bonds is 21. The van der Waals surface area contributed by atoms with E-state index in [0.29, 0.717) is 19.6 Å². The van der Waals surface area contributed by atoms with E-state index in [1.807, 2.05) is 0 Å². The summed E-state index contributed by atoms with van der Waals surface area (Å²) in [5, 5.41) is 3.00. The van der Waals surface area contributed by atoms with Crippen LogP contribution in [0.1, 0.15) is 124 Å². The van der Waals surface area contributed by atoms with Crippen LogP contribution in [0.2, 0.25) is 0 Å². The minimum Gasteiger partial charge on any atom is -0.465 e. The van der Waals surface area contributed by atoms with Crippen LogP contribution in [0.25, 0.3) is 0 Å². The number of halogens is 1. The van der Waals surface area contributed by atoms with Crippen LogP contribution in [0.4, 0.5) is 0 Å². The Morgan fingerprint density at radius 2 is 1.30 bits per heavy atom. The SMILES string of the molecule is CCCCCCCCCOC(=O)C(C)(CCCCCCI)C(=O)NCCCCCC. The molecule has 178 valence electrons. The summed E-state index contributed by atoms with van der Waals surface area (Å²) in [6.45, 7) is 7.26. The highest BCUT2D eigenvalue weighted by Gasteiger charge is 2.41. The Kier molecular flexibility index (Phi) is 20.3. The van der Waals surface area contributed by atoms with E-state index in [4.69, 9.17) is 4.74 Å². The molecular weight excluding hydrogens is 489 g/mol. The molecule has 0 rings (SSSR count). The van der Waals surface area contributed by atoms with Gasteiger partial charge >= 0.3 is 5.97 Å². The van der Waals surface area contributed by atoms with Gasteiger partial charge in [0.25, 0.3) is 0 Å². The fourth-order valence-electron chi connectivity index (χ4n) is 3.57. The molecule has 0 aliphatic heterocycles. The van der Waals surface area contributed by atoms with Crippen molar-refractivity contribution < 1.29 is 14.3 Å². The number of unbranched alkanes of at least 4 members (excludes halogenated alkanes) is 12. The van der Waals surface area contributed by atoms with Crippen LogP contribution in [0, 0.1) is 5.41 Å². The molecule has 0 bridgehead atoms. The molecule has 0 saturated heterocycles. The van der Waals surface area contributed by atoms with Gasteiger partial charge in [-0.3, -0.25) is 9.59 Å². The fourth-order valence-corrected chi connectivity index (χ4v) is 4.11. The third kappa shape index (κ3) is 14.6. The molecule has 0 aromatic rings. The molecular formula is C25H48INO3. The Hall–Kier alpha value is -0.330. The van der Waals surface area contributed by atoms with Gasteiger partial charge in [-0.15, -0.1) is 0 Å². The molecule has 0 radical (unpaired) electrons. The van der Waals surface area contributed by atoms with Gasteiger partial charge in [0.05, 0.1) is 6.61 Å². The molecule has 0 fully saturated rings. The predicted molar refractivity (Wildman–Crippen MR) is 136 cm³/mol. The molecule has 0 aromatic carbocycles. The van der Waals surface area contributed by atoms with Crippen molar-refractivity contribution in [3.63, 3.8) is 0 Å². The first-order chi connectivity index (χ1) is 14.5. The summed E-state index contributed by atoms with van der Waals surface area (Å²) in [5.41, 5.74) is -1.06. The van der Waals surface area contributed by atoms with Crippen molar-refractivity contribution in [2.45, 2.75) is 124 Å². The van der Waals surface area contributed by atoms with E-state index in [9.17, 15) is 9.59 Å². The van der Waals surface area contributed by atoms with E-state index in [2.05, 4.69) is 41.8 Å². The quantitative estimate of drug-likeness (QED) is 0.0547. The molecule has 5 heteroatoms. The molecule has 0 spiro atoms. The minimum absolute atomic E-state index is 0.155. The lowest BCUT2D eigenvalue weighted by Gasteiger charge is -2.26. The monoisotopic (exact) mass is 537 g/mol. The number of carbonyl (C=O) groups excluding carboxylic acids is 2. The van der Waals surface area contributed by atoms with Crippen LogP contribution in [0.3, 0.4) is 0 Å². The van der Waals surface area contributed by atoms with Crippen LogP contribution in [0.15, 0.2) is 0 Å². The summed E-state index contributed by atoms with van der Waals surface area (Å²) < 4.78 is 6.74. The number of carbonyl (C=O) groups is 2. The van der Waals surface area contributed by atoms with Crippen LogP contribution >= 0.6 is 22.6 Å². The molecule has 4 nitrogen and oxygen atoms in total. The number of hydrogen-bond acceptors (Lipinski definition) is 3. The van der Waals surface area contributed by atoms with Crippen molar-refractivity contribution in [1.82, 2.24) is 5.32 Å². The molecule has 1 amide bonds. The van der Waals surface area contributed by atoms with Gasteiger partial charge in [-0.2, -0.15) is 0 Å². The van der Waals surface area contributed by atoms with Crippen LogP contribution in [-0.2, 0) is 14.3 Å². The molecule has 0 heterocycles. The second-order valence-electron chi connectivity index (χ2n) is 8.76. The first kappa shape index (κ1) is 29.7. The first-order valence-corrected chi connectivity index (χ1v) is 14.1. The Morgan fingerprint density at radius 3 is 1.93 bits per heavy atom. The van der Waals surface area contributed by atoms with Gasteiger partial charge in [0.15, 0.2) is 0 Å². The first-order valence-electron chi connectivity index (χ1n) is 12.5. The maximum absolute atomic E-state index is 12.9. The number of ether oxygens (including phenoxy) is 1. The summed E-state index contributed by atoms with van der Waals surface area (Å²) in [6, 6.07) is 0. The van der Waals surface area contributed by atoms with Gasteiger partial charge in [-0.25, -0.2) is 0 Å². The van der Waals surface area contributed by atoms with E-state index >= 15 is 0 Å². The third-order valence-electron chi connectivity index (χ3n) is 5.81. The zero-order valence-corrected chi connectivity index (χ0v) is 22.2.